The molecule has 0 radical (unpaired) electrons. The van der Waals surface area contributed by atoms with Crippen molar-refractivity contribution in [2.45, 2.75) is 19.6 Å². The molecule has 1 aliphatic rings. The molecule has 0 spiro atoms. The minimum atomic E-state index is -0.323. The highest BCUT2D eigenvalue weighted by Gasteiger charge is 2.18. The Balaban J connectivity index is 1.69. The van der Waals surface area contributed by atoms with Crippen LogP contribution in [0.25, 0.3) is 0 Å². The number of hydrogen-bond acceptors (Lipinski definition) is 6. The van der Waals surface area contributed by atoms with Gasteiger partial charge in [-0.1, -0.05) is 5.16 Å². The van der Waals surface area contributed by atoms with Crippen molar-refractivity contribution in [3.05, 3.63) is 17.5 Å². The third-order valence-electron chi connectivity index (χ3n) is 3.70. The minimum absolute atomic E-state index is 0.323. The highest BCUT2D eigenvalue weighted by atomic mass is 16.5. The first-order valence-electron chi connectivity index (χ1n) is 7.22. The van der Waals surface area contributed by atoms with E-state index < -0.39 is 0 Å². The molecule has 0 amide bonds. The molecule has 1 N–H and O–H groups in total. The summed E-state index contributed by atoms with van der Waals surface area (Å²) in [4.78, 5) is 6.73. The van der Waals surface area contributed by atoms with E-state index in [0.29, 0.717) is 13.1 Å². The van der Waals surface area contributed by atoms with Crippen molar-refractivity contribution in [3.63, 3.8) is 0 Å². The fourth-order valence-electron chi connectivity index (χ4n) is 2.58. The summed E-state index contributed by atoms with van der Waals surface area (Å²) in [5.41, 5.74) is 0.914. The van der Waals surface area contributed by atoms with Crippen molar-refractivity contribution in [1.29, 1.82) is 0 Å². The summed E-state index contributed by atoms with van der Waals surface area (Å²) in [6.45, 7) is 8.24. The molecule has 1 aromatic rings. The Morgan fingerprint density at radius 3 is 2.70 bits per heavy atom. The normalized spacial score (nSPS) is 19.6. The second-order valence-corrected chi connectivity index (χ2v) is 5.88. The Labute approximate surface area is 120 Å². The Bertz CT molecular complexity index is 402. The second-order valence-electron chi connectivity index (χ2n) is 5.88. The Morgan fingerprint density at radius 2 is 2.10 bits per heavy atom. The van der Waals surface area contributed by atoms with Gasteiger partial charge >= 0.3 is 0 Å². The molecule has 2 heterocycles. The molecule has 1 fully saturated rings. The average Bonchev–Trinajstić information content (AvgIpc) is 2.77. The molecular formula is C14H26N4O2. The molecule has 1 aromatic heterocycles. The van der Waals surface area contributed by atoms with Gasteiger partial charge in [0.1, 0.15) is 5.76 Å². The van der Waals surface area contributed by atoms with Crippen LogP contribution in [0.1, 0.15) is 11.5 Å². The zero-order valence-corrected chi connectivity index (χ0v) is 12.7. The molecule has 114 valence electrons. The minimum Gasteiger partial charge on any atom is -0.390 e. The topological polar surface area (TPSA) is 56.0 Å². The van der Waals surface area contributed by atoms with Crippen molar-refractivity contribution in [2.24, 2.45) is 0 Å². The molecule has 1 aliphatic heterocycles. The van der Waals surface area contributed by atoms with E-state index in [1.165, 1.54) is 0 Å². The van der Waals surface area contributed by atoms with E-state index in [4.69, 9.17) is 4.52 Å². The number of aryl methyl sites for hydroxylation is 1. The molecule has 6 heteroatoms. The largest absolute Gasteiger partial charge is 0.390 e. The van der Waals surface area contributed by atoms with Gasteiger partial charge in [0.2, 0.25) is 0 Å². The van der Waals surface area contributed by atoms with Crippen LogP contribution >= 0.6 is 0 Å². The summed E-state index contributed by atoms with van der Waals surface area (Å²) < 4.78 is 5.05. The number of hydrogen-bond donors (Lipinski definition) is 1. The number of rotatable bonds is 6. The molecule has 2 rings (SSSR count). The lowest BCUT2D eigenvalue weighted by Gasteiger charge is -2.34. The predicted octanol–water partition coefficient (Wildman–Crippen LogP) is 0.0231. The summed E-state index contributed by atoms with van der Waals surface area (Å²) in [5, 5.41) is 14.2. The van der Waals surface area contributed by atoms with Gasteiger partial charge in [-0.25, -0.2) is 0 Å². The van der Waals surface area contributed by atoms with Crippen LogP contribution in [0.15, 0.2) is 10.6 Å². The van der Waals surface area contributed by atoms with Crippen molar-refractivity contribution >= 4 is 0 Å². The first-order chi connectivity index (χ1) is 9.52. The highest BCUT2D eigenvalue weighted by molar-refractivity contribution is 5.03. The van der Waals surface area contributed by atoms with Gasteiger partial charge in [0.05, 0.1) is 11.8 Å². The van der Waals surface area contributed by atoms with Gasteiger partial charge in [0.15, 0.2) is 0 Å². The maximum absolute atomic E-state index is 10.2. The Kier molecular flexibility index (Phi) is 5.54. The molecule has 0 saturated carbocycles. The van der Waals surface area contributed by atoms with Crippen LogP contribution in [0.4, 0.5) is 0 Å². The quantitative estimate of drug-likeness (QED) is 0.794. The molecule has 1 saturated heterocycles. The van der Waals surface area contributed by atoms with Gasteiger partial charge in [-0.05, 0) is 21.0 Å². The SMILES string of the molecule is Cc1cc(CN(C)CC(O)CN2CCN(C)CC2)no1. The second kappa shape index (κ2) is 7.17. The van der Waals surface area contributed by atoms with E-state index in [2.05, 4.69) is 26.9 Å². The fourth-order valence-corrected chi connectivity index (χ4v) is 2.58. The van der Waals surface area contributed by atoms with E-state index >= 15 is 0 Å². The number of aliphatic hydroxyl groups is 1. The lowest BCUT2D eigenvalue weighted by atomic mass is 10.2. The summed E-state index contributed by atoms with van der Waals surface area (Å²) >= 11 is 0. The van der Waals surface area contributed by atoms with Gasteiger partial charge in [0.25, 0.3) is 0 Å². The number of piperazine rings is 1. The van der Waals surface area contributed by atoms with Crippen LogP contribution in [0.5, 0.6) is 0 Å². The molecule has 0 bridgehead atoms. The number of nitrogens with zero attached hydrogens (tertiary/aromatic N) is 4. The van der Waals surface area contributed by atoms with E-state index in [1.807, 2.05) is 20.0 Å². The molecule has 0 aliphatic carbocycles. The first kappa shape index (κ1) is 15.4. The van der Waals surface area contributed by atoms with Gasteiger partial charge in [-0.2, -0.15) is 0 Å². The molecule has 20 heavy (non-hydrogen) atoms. The van der Waals surface area contributed by atoms with Crippen LogP contribution in [0.3, 0.4) is 0 Å². The zero-order valence-electron chi connectivity index (χ0n) is 12.7. The van der Waals surface area contributed by atoms with Crippen molar-refractivity contribution in [1.82, 2.24) is 19.9 Å². The van der Waals surface area contributed by atoms with E-state index in [-0.39, 0.29) is 6.10 Å². The number of aliphatic hydroxyl groups excluding tert-OH is 1. The van der Waals surface area contributed by atoms with Crippen LogP contribution in [0.2, 0.25) is 0 Å². The first-order valence-corrected chi connectivity index (χ1v) is 7.22. The monoisotopic (exact) mass is 282 g/mol. The summed E-state index contributed by atoms with van der Waals surface area (Å²) in [6.07, 6.45) is -0.323. The number of likely N-dealkylation sites (N-methyl/N-ethyl adjacent to an activating group) is 2. The number of aromatic nitrogens is 1. The van der Waals surface area contributed by atoms with Crippen LogP contribution in [-0.4, -0.2) is 84.4 Å². The number of β-amino-alcohol motifs (C(OH)–C–C–N with tert-alkyl or cyclic N) is 1. The van der Waals surface area contributed by atoms with Crippen molar-refractivity contribution in [2.75, 3.05) is 53.4 Å². The standard InChI is InChI=1S/C14H26N4O2/c1-12-8-13(15-20-12)9-17(3)10-14(19)11-18-6-4-16(2)5-7-18/h8,14,19H,4-7,9-11H2,1-3H3. The molecular weight excluding hydrogens is 256 g/mol. The Morgan fingerprint density at radius 1 is 1.40 bits per heavy atom. The van der Waals surface area contributed by atoms with E-state index in [9.17, 15) is 5.11 Å². The lowest BCUT2D eigenvalue weighted by molar-refractivity contribution is 0.0590. The molecule has 0 aromatic carbocycles. The maximum Gasteiger partial charge on any atom is 0.133 e. The van der Waals surface area contributed by atoms with E-state index in [1.54, 1.807) is 0 Å². The lowest BCUT2D eigenvalue weighted by Crippen LogP contribution is -2.48. The van der Waals surface area contributed by atoms with Crippen LogP contribution in [0, 0.1) is 6.92 Å². The Hall–Kier alpha value is -0.950. The summed E-state index contributed by atoms with van der Waals surface area (Å²) in [5.74, 6) is 0.825. The van der Waals surface area contributed by atoms with Gasteiger partial charge in [-0.15, -0.1) is 0 Å². The zero-order chi connectivity index (χ0) is 14.5. The van der Waals surface area contributed by atoms with Crippen molar-refractivity contribution in [3.8, 4) is 0 Å². The maximum atomic E-state index is 10.2. The third kappa shape index (κ3) is 4.86. The molecule has 6 nitrogen and oxygen atoms in total. The van der Waals surface area contributed by atoms with E-state index in [0.717, 1.165) is 44.2 Å². The van der Waals surface area contributed by atoms with Gasteiger partial charge in [0, 0.05) is 51.9 Å². The molecule has 1 atom stereocenters. The average molecular weight is 282 g/mol. The van der Waals surface area contributed by atoms with Crippen molar-refractivity contribution < 1.29 is 9.63 Å². The smallest absolute Gasteiger partial charge is 0.133 e. The van der Waals surface area contributed by atoms with Crippen LogP contribution in [-0.2, 0) is 6.54 Å². The highest BCUT2D eigenvalue weighted by Crippen LogP contribution is 2.06. The summed E-state index contributed by atoms with van der Waals surface area (Å²) in [6, 6.07) is 1.93. The molecule has 1 unspecified atom stereocenters. The third-order valence-corrected chi connectivity index (χ3v) is 3.70. The van der Waals surface area contributed by atoms with Gasteiger partial charge < -0.3 is 14.5 Å². The van der Waals surface area contributed by atoms with Gasteiger partial charge in [-0.3, -0.25) is 9.80 Å². The predicted molar refractivity (Wildman–Crippen MR) is 77.5 cm³/mol. The summed E-state index contributed by atoms with van der Waals surface area (Å²) in [7, 11) is 4.14. The fraction of sp³-hybridized carbons (Fsp3) is 0.786. The van der Waals surface area contributed by atoms with Crippen LogP contribution < -0.4 is 0 Å².